The van der Waals surface area contributed by atoms with Crippen molar-refractivity contribution >= 4 is 43.6 Å². The van der Waals surface area contributed by atoms with Gasteiger partial charge in [-0.25, -0.2) is 4.98 Å². The first-order valence-corrected chi connectivity index (χ1v) is 24.3. The number of rotatable bonds is 6. The molecule has 0 aliphatic heterocycles. The van der Waals surface area contributed by atoms with Crippen molar-refractivity contribution in [1.82, 2.24) is 14.1 Å². The first-order valence-electron chi connectivity index (χ1n) is 24.3. The lowest BCUT2D eigenvalue weighted by Gasteiger charge is -2.34. The lowest BCUT2D eigenvalue weighted by atomic mass is 9.67. The standard InChI is InChI=1S/C67H43N3/c1-5-22-44(23-6-1)66(45-24-7-2-8-25-45)54-34-17-13-30-48(54)50-40-42-58-62(64(50)66)52-32-15-19-36-56(52)69(58)60-38-21-39-61(68-60)70-57-37-20-16-33-53(57)63-59(70)43-41-51-49-31-14-18-35-55(49)67(65(51)63,46-26-9-3-10-27-46)47-28-11-4-12-29-47/h1-43H. The molecule has 0 bridgehead atoms. The number of hydrogen-bond donors (Lipinski definition) is 0. The number of pyridine rings is 1. The second-order valence-electron chi connectivity index (χ2n) is 18.9. The van der Waals surface area contributed by atoms with E-state index in [4.69, 9.17) is 4.98 Å². The molecule has 3 aromatic heterocycles. The number of nitrogens with zero attached hydrogens (tertiary/aromatic N) is 3. The summed E-state index contributed by atoms with van der Waals surface area (Å²) in [4.78, 5) is 5.76. The topological polar surface area (TPSA) is 22.8 Å². The van der Waals surface area contributed by atoms with E-state index in [-0.39, 0.29) is 0 Å². The number of hydrogen-bond acceptors (Lipinski definition) is 1. The largest absolute Gasteiger partial charge is 0.294 e. The minimum atomic E-state index is -0.560. The summed E-state index contributed by atoms with van der Waals surface area (Å²) in [7, 11) is 0. The SMILES string of the molecule is c1ccc(C2(c3ccccc3)c3ccccc3-c3ccc4c(c32)c2ccccc2n4-c2cccc(-n3c4ccccc4c4c5c(ccc43)-c3ccccc3C5(c3ccccc3)c3ccccc3)n2)cc1. The van der Waals surface area contributed by atoms with Crippen LogP contribution >= 0.6 is 0 Å². The fraction of sp³-hybridized carbons (Fsp3) is 0.0299. The van der Waals surface area contributed by atoms with Gasteiger partial charge in [-0.05, 0) is 103 Å². The maximum absolute atomic E-state index is 5.76. The minimum absolute atomic E-state index is 0.560. The third-order valence-electron chi connectivity index (χ3n) is 15.7. The normalized spacial score (nSPS) is 13.9. The molecule has 2 aliphatic rings. The Morgan fingerprint density at radius 1 is 0.257 bits per heavy atom. The van der Waals surface area contributed by atoms with E-state index >= 15 is 0 Å². The van der Waals surface area contributed by atoms with Crippen LogP contribution in [0.5, 0.6) is 0 Å². The van der Waals surface area contributed by atoms with Crippen molar-refractivity contribution in [2.45, 2.75) is 10.8 Å². The highest BCUT2D eigenvalue weighted by Gasteiger charge is 2.49. The highest BCUT2D eigenvalue weighted by molar-refractivity contribution is 6.17. The Kier molecular flexibility index (Phi) is 8.20. The average Bonchev–Trinajstić information content (AvgIpc) is 4.15. The molecule has 0 radical (unpaired) electrons. The van der Waals surface area contributed by atoms with Crippen LogP contribution < -0.4 is 0 Å². The highest BCUT2D eigenvalue weighted by Crippen LogP contribution is 2.61. The minimum Gasteiger partial charge on any atom is -0.294 e. The fourth-order valence-electron chi connectivity index (χ4n) is 13.1. The Morgan fingerprint density at radius 2 is 0.600 bits per heavy atom. The van der Waals surface area contributed by atoms with Crippen molar-refractivity contribution in [2.24, 2.45) is 0 Å². The van der Waals surface area contributed by atoms with Gasteiger partial charge < -0.3 is 0 Å². The van der Waals surface area contributed by atoms with E-state index < -0.39 is 10.8 Å². The number of aromatic nitrogens is 3. The van der Waals surface area contributed by atoms with Gasteiger partial charge in [0.1, 0.15) is 11.6 Å². The predicted molar refractivity (Wildman–Crippen MR) is 288 cm³/mol. The monoisotopic (exact) mass is 889 g/mol. The van der Waals surface area contributed by atoms with Gasteiger partial charge in [-0.2, -0.15) is 0 Å². The van der Waals surface area contributed by atoms with Gasteiger partial charge in [0.05, 0.1) is 32.9 Å². The van der Waals surface area contributed by atoms with Crippen LogP contribution in [0.1, 0.15) is 44.5 Å². The number of fused-ring (bicyclic) bond motifs is 14. The smallest absolute Gasteiger partial charge is 0.140 e. The van der Waals surface area contributed by atoms with Crippen LogP contribution in [0, 0.1) is 0 Å². The molecule has 0 saturated heterocycles. The third kappa shape index (κ3) is 5.00. The van der Waals surface area contributed by atoms with Crippen LogP contribution in [-0.2, 0) is 10.8 Å². The molecule has 0 atom stereocenters. The summed E-state index contributed by atoms with van der Waals surface area (Å²) in [6.07, 6.45) is 0. The van der Waals surface area contributed by atoms with Gasteiger partial charge in [0.2, 0.25) is 0 Å². The second kappa shape index (κ2) is 14.7. The van der Waals surface area contributed by atoms with Crippen molar-refractivity contribution < 1.29 is 0 Å². The van der Waals surface area contributed by atoms with Crippen molar-refractivity contribution in [2.75, 3.05) is 0 Å². The first kappa shape index (κ1) is 39.0. The summed E-state index contributed by atoms with van der Waals surface area (Å²) in [6, 6.07) is 96.3. The lowest BCUT2D eigenvalue weighted by molar-refractivity contribution is 0.776. The van der Waals surface area contributed by atoms with Crippen molar-refractivity contribution in [3.8, 4) is 33.9 Å². The summed E-state index contributed by atoms with van der Waals surface area (Å²) in [5, 5.41) is 4.90. The molecular weight excluding hydrogens is 847 g/mol. The Hall–Kier alpha value is -9.05. The Morgan fingerprint density at radius 3 is 1.00 bits per heavy atom. The summed E-state index contributed by atoms with van der Waals surface area (Å²) in [5.74, 6) is 1.73. The third-order valence-corrected chi connectivity index (χ3v) is 15.7. The lowest BCUT2D eigenvalue weighted by Crippen LogP contribution is -2.28. The van der Waals surface area contributed by atoms with E-state index in [1.54, 1.807) is 0 Å². The molecule has 15 rings (SSSR count). The molecule has 0 amide bonds. The molecule has 326 valence electrons. The summed E-state index contributed by atoms with van der Waals surface area (Å²) < 4.78 is 4.80. The van der Waals surface area contributed by atoms with Gasteiger partial charge in [0, 0.05) is 21.5 Å². The molecule has 70 heavy (non-hydrogen) atoms. The fourth-order valence-corrected chi connectivity index (χ4v) is 13.1. The Balaban J connectivity index is 1.01. The molecular formula is C67H43N3. The molecule has 0 fully saturated rings. The van der Waals surface area contributed by atoms with Crippen LogP contribution in [0.2, 0.25) is 0 Å². The molecule has 0 saturated carbocycles. The summed E-state index contributed by atoms with van der Waals surface area (Å²) in [6.45, 7) is 0. The molecule has 0 spiro atoms. The van der Waals surface area contributed by atoms with Crippen molar-refractivity contribution in [3.63, 3.8) is 0 Å². The maximum atomic E-state index is 5.76. The molecule has 0 unspecified atom stereocenters. The molecule has 3 heterocycles. The maximum Gasteiger partial charge on any atom is 0.140 e. The van der Waals surface area contributed by atoms with Crippen LogP contribution in [0.3, 0.4) is 0 Å². The Labute approximate surface area is 405 Å². The van der Waals surface area contributed by atoms with E-state index in [9.17, 15) is 0 Å². The molecule has 3 nitrogen and oxygen atoms in total. The van der Waals surface area contributed by atoms with Crippen LogP contribution in [-0.4, -0.2) is 14.1 Å². The van der Waals surface area contributed by atoms with Gasteiger partial charge >= 0.3 is 0 Å². The molecule has 0 N–H and O–H groups in total. The van der Waals surface area contributed by atoms with Crippen LogP contribution in [0.4, 0.5) is 0 Å². The first-order chi connectivity index (χ1) is 34.8. The molecule has 13 aromatic rings. The van der Waals surface area contributed by atoms with Gasteiger partial charge in [0.15, 0.2) is 0 Å². The van der Waals surface area contributed by atoms with Crippen molar-refractivity contribution in [3.05, 3.63) is 305 Å². The van der Waals surface area contributed by atoms with E-state index in [1.807, 2.05) is 0 Å². The summed E-state index contributed by atoms with van der Waals surface area (Å²) in [5.41, 5.74) is 18.7. The summed E-state index contributed by atoms with van der Waals surface area (Å²) >= 11 is 0. The molecule has 3 heteroatoms. The van der Waals surface area contributed by atoms with Gasteiger partial charge in [-0.1, -0.05) is 224 Å². The second-order valence-corrected chi connectivity index (χ2v) is 18.9. The number of para-hydroxylation sites is 2. The number of benzene rings is 10. The predicted octanol–water partition coefficient (Wildman–Crippen LogP) is 16.0. The van der Waals surface area contributed by atoms with Crippen LogP contribution in [0.25, 0.3) is 77.5 Å². The molecule has 10 aromatic carbocycles. The van der Waals surface area contributed by atoms with Gasteiger partial charge in [0.25, 0.3) is 0 Å². The van der Waals surface area contributed by atoms with E-state index in [1.165, 1.54) is 88.3 Å². The van der Waals surface area contributed by atoms with Crippen molar-refractivity contribution in [1.29, 1.82) is 0 Å². The Bertz CT molecular complexity index is 3870. The van der Waals surface area contributed by atoms with Crippen LogP contribution in [0.15, 0.2) is 261 Å². The zero-order valence-corrected chi connectivity index (χ0v) is 38.2. The van der Waals surface area contributed by atoms with E-state index in [2.05, 4.69) is 270 Å². The quantitative estimate of drug-likeness (QED) is 0.163. The zero-order chi connectivity index (χ0) is 46.0. The van der Waals surface area contributed by atoms with Gasteiger partial charge in [-0.15, -0.1) is 0 Å². The highest BCUT2D eigenvalue weighted by atomic mass is 15.1. The average molecular weight is 890 g/mol. The molecule has 2 aliphatic carbocycles. The zero-order valence-electron chi connectivity index (χ0n) is 38.2. The van der Waals surface area contributed by atoms with Gasteiger partial charge in [-0.3, -0.25) is 9.13 Å². The van der Waals surface area contributed by atoms with E-state index in [0.717, 1.165) is 33.7 Å². The van der Waals surface area contributed by atoms with E-state index in [0.29, 0.717) is 0 Å².